The SMILES string of the molecule is O=C(C[C@@H]1C=CCC1)NC[C@H](O)COc1cccc(F)c1. The molecule has 0 fully saturated rings. The molecule has 1 aromatic carbocycles. The zero-order valence-corrected chi connectivity index (χ0v) is 11.8. The van der Waals surface area contributed by atoms with Crippen LogP contribution in [0.25, 0.3) is 0 Å². The van der Waals surface area contributed by atoms with Crippen molar-refractivity contribution in [2.24, 2.45) is 5.92 Å². The number of ether oxygens (including phenoxy) is 1. The van der Waals surface area contributed by atoms with Crippen LogP contribution in [-0.4, -0.2) is 30.3 Å². The van der Waals surface area contributed by atoms with Crippen LogP contribution in [0.3, 0.4) is 0 Å². The summed E-state index contributed by atoms with van der Waals surface area (Å²) in [7, 11) is 0. The Bertz CT molecular complexity index is 504. The first-order chi connectivity index (χ1) is 10.1. The predicted octanol–water partition coefficient (Wildman–Crippen LogP) is 2.04. The normalized spacial score (nSPS) is 18.5. The molecule has 114 valence electrons. The number of amides is 1. The van der Waals surface area contributed by atoms with Crippen LogP contribution in [0.2, 0.25) is 0 Å². The third-order valence-corrected chi connectivity index (χ3v) is 3.33. The van der Waals surface area contributed by atoms with E-state index in [9.17, 15) is 14.3 Å². The number of carbonyl (C=O) groups excluding carboxylic acids is 1. The molecule has 0 bridgehead atoms. The van der Waals surface area contributed by atoms with Crippen molar-refractivity contribution < 1.29 is 19.0 Å². The Labute approximate surface area is 123 Å². The monoisotopic (exact) mass is 293 g/mol. The van der Waals surface area contributed by atoms with Gasteiger partial charge in [-0.3, -0.25) is 4.79 Å². The van der Waals surface area contributed by atoms with Crippen molar-refractivity contribution >= 4 is 5.91 Å². The fraction of sp³-hybridized carbons (Fsp3) is 0.438. The van der Waals surface area contributed by atoms with Crippen LogP contribution in [-0.2, 0) is 4.79 Å². The van der Waals surface area contributed by atoms with E-state index in [1.165, 1.54) is 18.2 Å². The molecule has 2 atom stereocenters. The van der Waals surface area contributed by atoms with E-state index < -0.39 is 6.10 Å². The molecule has 0 spiro atoms. The molecule has 2 N–H and O–H groups in total. The van der Waals surface area contributed by atoms with Gasteiger partial charge in [0.25, 0.3) is 0 Å². The van der Waals surface area contributed by atoms with Gasteiger partial charge in [-0.2, -0.15) is 0 Å². The van der Waals surface area contributed by atoms with E-state index in [2.05, 4.69) is 17.5 Å². The smallest absolute Gasteiger partial charge is 0.220 e. The summed E-state index contributed by atoms with van der Waals surface area (Å²) in [4.78, 5) is 11.7. The van der Waals surface area contributed by atoms with Gasteiger partial charge >= 0.3 is 0 Å². The largest absolute Gasteiger partial charge is 0.491 e. The molecule has 0 heterocycles. The summed E-state index contributed by atoms with van der Waals surface area (Å²) in [5.41, 5.74) is 0. The minimum atomic E-state index is -0.823. The molecule has 2 rings (SSSR count). The minimum Gasteiger partial charge on any atom is -0.491 e. The van der Waals surface area contributed by atoms with Gasteiger partial charge < -0.3 is 15.2 Å². The first-order valence-corrected chi connectivity index (χ1v) is 7.13. The molecule has 1 aliphatic rings. The lowest BCUT2D eigenvalue weighted by atomic mass is 10.1. The molecule has 0 saturated carbocycles. The van der Waals surface area contributed by atoms with E-state index in [4.69, 9.17) is 4.74 Å². The highest BCUT2D eigenvalue weighted by Crippen LogP contribution is 2.19. The predicted molar refractivity (Wildman–Crippen MR) is 77.4 cm³/mol. The third-order valence-electron chi connectivity index (χ3n) is 3.33. The molecule has 4 nitrogen and oxygen atoms in total. The number of carbonyl (C=O) groups is 1. The van der Waals surface area contributed by atoms with Crippen LogP contribution < -0.4 is 10.1 Å². The summed E-state index contributed by atoms with van der Waals surface area (Å²) >= 11 is 0. The number of nitrogens with one attached hydrogen (secondary N) is 1. The van der Waals surface area contributed by atoms with Crippen molar-refractivity contribution in [3.05, 3.63) is 42.2 Å². The topological polar surface area (TPSA) is 58.6 Å². The number of aliphatic hydroxyl groups is 1. The van der Waals surface area contributed by atoms with Crippen molar-refractivity contribution in [2.75, 3.05) is 13.2 Å². The van der Waals surface area contributed by atoms with Gasteiger partial charge in [-0.25, -0.2) is 4.39 Å². The zero-order valence-electron chi connectivity index (χ0n) is 11.8. The van der Waals surface area contributed by atoms with Crippen molar-refractivity contribution in [1.82, 2.24) is 5.32 Å². The second-order valence-electron chi connectivity index (χ2n) is 5.20. The van der Waals surface area contributed by atoms with Crippen molar-refractivity contribution in [1.29, 1.82) is 0 Å². The van der Waals surface area contributed by atoms with Crippen LogP contribution in [0, 0.1) is 11.7 Å². The summed E-state index contributed by atoms with van der Waals surface area (Å²) in [5.74, 6) is 0.207. The lowest BCUT2D eigenvalue weighted by Gasteiger charge is -2.14. The zero-order chi connectivity index (χ0) is 15.1. The molecule has 1 aliphatic carbocycles. The Hall–Kier alpha value is -1.88. The number of allylic oxidation sites excluding steroid dienone is 2. The Balaban J connectivity index is 1.63. The summed E-state index contributed by atoms with van der Waals surface area (Å²) in [6.07, 6.45) is 5.81. The number of rotatable bonds is 7. The molecule has 5 heteroatoms. The summed E-state index contributed by atoms with van der Waals surface area (Å²) in [6, 6.07) is 5.72. The van der Waals surface area contributed by atoms with Gasteiger partial charge in [0, 0.05) is 19.0 Å². The van der Waals surface area contributed by atoms with Crippen molar-refractivity contribution in [3.63, 3.8) is 0 Å². The number of aliphatic hydroxyl groups excluding tert-OH is 1. The van der Waals surface area contributed by atoms with Crippen LogP contribution >= 0.6 is 0 Å². The van der Waals surface area contributed by atoms with E-state index in [-0.39, 0.29) is 24.9 Å². The number of benzene rings is 1. The summed E-state index contributed by atoms with van der Waals surface area (Å²) in [5, 5.41) is 12.4. The molecular weight excluding hydrogens is 273 g/mol. The van der Waals surface area contributed by atoms with Crippen molar-refractivity contribution in [2.45, 2.75) is 25.4 Å². The molecular formula is C16H20FNO3. The van der Waals surface area contributed by atoms with Gasteiger partial charge in [0.05, 0.1) is 0 Å². The lowest BCUT2D eigenvalue weighted by molar-refractivity contribution is -0.122. The Morgan fingerprint density at radius 2 is 2.38 bits per heavy atom. The van der Waals surface area contributed by atoms with Crippen LogP contribution in [0.1, 0.15) is 19.3 Å². The maximum absolute atomic E-state index is 12.9. The fourth-order valence-corrected chi connectivity index (χ4v) is 2.22. The van der Waals surface area contributed by atoms with Gasteiger partial charge in [-0.1, -0.05) is 18.2 Å². The maximum Gasteiger partial charge on any atom is 0.220 e. The van der Waals surface area contributed by atoms with Gasteiger partial charge in [-0.05, 0) is 30.9 Å². The summed E-state index contributed by atoms with van der Waals surface area (Å²) < 4.78 is 18.2. The second-order valence-corrected chi connectivity index (χ2v) is 5.20. The quantitative estimate of drug-likeness (QED) is 0.756. The van der Waals surface area contributed by atoms with E-state index in [0.717, 1.165) is 12.8 Å². The van der Waals surface area contributed by atoms with Crippen LogP contribution in [0.5, 0.6) is 5.75 Å². The first-order valence-electron chi connectivity index (χ1n) is 7.13. The van der Waals surface area contributed by atoms with Gasteiger partial charge in [0.1, 0.15) is 24.3 Å². The third kappa shape index (κ3) is 5.55. The molecule has 0 saturated heterocycles. The lowest BCUT2D eigenvalue weighted by Crippen LogP contribution is -2.35. The minimum absolute atomic E-state index is 0.00701. The molecule has 0 unspecified atom stereocenters. The van der Waals surface area contributed by atoms with Gasteiger partial charge in [0.2, 0.25) is 5.91 Å². The van der Waals surface area contributed by atoms with Crippen molar-refractivity contribution in [3.8, 4) is 5.75 Å². The fourth-order valence-electron chi connectivity index (χ4n) is 2.22. The highest BCUT2D eigenvalue weighted by atomic mass is 19.1. The number of hydrogen-bond donors (Lipinski definition) is 2. The van der Waals surface area contributed by atoms with E-state index in [1.807, 2.05) is 0 Å². The molecule has 0 aromatic heterocycles. The van der Waals surface area contributed by atoms with Gasteiger partial charge in [-0.15, -0.1) is 0 Å². The molecule has 21 heavy (non-hydrogen) atoms. The number of halogens is 1. The molecule has 0 radical (unpaired) electrons. The summed E-state index contributed by atoms with van der Waals surface area (Å²) in [6.45, 7) is 0.137. The number of hydrogen-bond acceptors (Lipinski definition) is 3. The standard InChI is InChI=1S/C16H20FNO3/c17-13-6-3-7-15(9-13)21-11-14(19)10-18-16(20)8-12-4-1-2-5-12/h1,3-4,6-7,9,12,14,19H,2,5,8,10-11H2,(H,18,20)/t12-,14+/m1/s1. The van der Waals surface area contributed by atoms with Crippen LogP contribution in [0.4, 0.5) is 4.39 Å². The average molecular weight is 293 g/mol. The van der Waals surface area contributed by atoms with Gasteiger partial charge in [0.15, 0.2) is 0 Å². The molecule has 1 amide bonds. The first kappa shape index (κ1) is 15.5. The van der Waals surface area contributed by atoms with E-state index in [0.29, 0.717) is 18.1 Å². The van der Waals surface area contributed by atoms with E-state index >= 15 is 0 Å². The molecule has 1 aromatic rings. The Morgan fingerprint density at radius 3 is 3.10 bits per heavy atom. The maximum atomic E-state index is 12.9. The van der Waals surface area contributed by atoms with Crippen LogP contribution in [0.15, 0.2) is 36.4 Å². The second kappa shape index (κ2) is 7.78. The Morgan fingerprint density at radius 1 is 1.52 bits per heavy atom. The highest BCUT2D eigenvalue weighted by Gasteiger charge is 2.15. The Kier molecular flexibility index (Phi) is 5.75. The highest BCUT2D eigenvalue weighted by molar-refractivity contribution is 5.76. The van der Waals surface area contributed by atoms with E-state index in [1.54, 1.807) is 6.07 Å². The average Bonchev–Trinajstić information content (AvgIpc) is 2.96. The molecule has 0 aliphatic heterocycles.